The van der Waals surface area contributed by atoms with Crippen molar-refractivity contribution in [3.05, 3.63) is 11.3 Å². The van der Waals surface area contributed by atoms with Crippen LogP contribution in [0.3, 0.4) is 0 Å². The molecule has 4 aliphatic carbocycles. The van der Waals surface area contributed by atoms with Gasteiger partial charge >= 0.3 is 0 Å². The fourth-order valence-electron chi connectivity index (χ4n) is 5.20. The Balaban J connectivity index is 1.75. The highest BCUT2D eigenvalue weighted by molar-refractivity contribution is 5.44. The first-order valence-electron chi connectivity index (χ1n) is 6.94. The van der Waals surface area contributed by atoms with E-state index in [-0.39, 0.29) is 0 Å². The van der Waals surface area contributed by atoms with Gasteiger partial charge in [0, 0.05) is 5.56 Å². The van der Waals surface area contributed by atoms with Gasteiger partial charge in [-0.2, -0.15) is 0 Å². The number of hydrogen-bond donors (Lipinski definition) is 1. The minimum absolute atomic E-state index is 0.647. The molecule has 92 valence electrons. The maximum atomic E-state index is 6.02. The molecule has 0 aromatic carbocycles. The molecule has 1 aromatic heterocycles. The van der Waals surface area contributed by atoms with Crippen LogP contribution in [0.5, 0.6) is 0 Å². The topological polar surface area (TPSA) is 52.0 Å². The van der Waals surface area contributed by atoms with Crippen LogP contribution in [0.4, 0.5) is 5.82 Å². The van der Waals surface area contributed by atoms with E-state index in [1.807, 2.05) is 6.92 Å². The molecule has 4 bridgehead atoms. The van der Waals surface area contributed by atoms with Crippen LogP contribution < -0.4 is 5.73 Å². The van der Waals surface area contributed by atoms with Gasteiger partial charge in [0.15, 0.2) is 5.82 Å². The van der Waals surface area contributed by atoms with Gasteiger partial charge in [-0.1, -0.05) is 5.16 Å². The summed E-state index contributed by atoms with van der Waals surface area (Å²) in [7, 11) is 0. The van der Waals surface area contributed by atoms with E-state index >= 15 is 0 Å². The third kappa shape index (κ3) is 1.31. The minimum Gasteiger partial charge on any atom is -0.381 e. The Kier molecular flexibility index (Phi) is 1.92. The molecule has 17 heavy (non-hydrogen) atoms. The number of aromatic nitrogens is 1. The Hall–Kier alpha value is -0.990. The van der Waals surface area contributed by atoms with Crippen LogP contribution in [0.2, 0.25) is 0 Å². The van der Waals surface area contributed by atoms with E-state index in [1.165, 1.54) is 37.7 Å². The molecule has 0 saturated heterocycles. The number of anilines is 1. The van der Waals surface area contributed by atoms with Crippen LogP contribution in [-0.2, 0) is 0 Å². The lowest BCUT2D eigenvalue weighted by Crippen LogP contribution is -2.44. The van der Waals surface area contributed by atoms with Crippen LogP contribution >= 0.6 is 0 Å². The molecule has 0 unspecified atom stereocenters. The quantitative estimate of drug-likeness (QED) is 0.809. The standard InChI is InChI=1S/C14H20N2O/c1-7-12(14(15)16-17-7)13-10-3-8-2-9(5-10)6-11(13)4-8/h8-11,13H,2-6H2,1H3,(H2,15,16). The van der Waals surface area contributed by atoms with Gasteiger partial charge in [-0.25, -0.2) is 0 Å². The number of rotatable bonds is 1. The Morgan fingerprint density at radius 1 is 1.06 bits per heavy atom. The zero-order chi connectivity index (χ0) is 11.6. The van der Waals surface area contributed by atoms with Crippen molar-refractivity contribution in [2.75, 3.05) is 5.73 Å². The van der Waals surface area contributed by atoms with E-state index < -0.39 is 0 Å². The molecular weight excluding hydrogens is 212 g/mol. The average Bonchev–Trinajstić information content (AvgIpc) is 2.59. The molecule has 0 amide bonds. The van der Waals surface area contributed by atoms with E-state index in [0.29, 0.717) is 11.7 Å². The van der Waals surface area contributed by atoms with Crippen molar-refractivity contribution in [1.29, 1.82) is 0 Å². The van der Waals surface area contributed by atoms with E-state index in [1.54, 1.807) is 0 Å². The van der Waals surface area contributed by atoms with Crippen LogP contribution in [0.25, 0.3) is 0 Å². The fourth-order valence-corrected chi connectivity index (χ4v) is 5.20. The molecule has 4 saturated carbocycles. The third-order valence-electron chi connectivity index (χ3n) is 5.50. The Morgan fingerprint density at radius 3 is 2.12 bits per heavy atom. The zero-order valence-corrected chi connectivity index (χ0v) is 10.4. The van der Waals surface area contributed by atoms with E-state index in [0.717, 1.165) is 29.4 Å². The van der Waals surface area contributed by atoms with Crippen molar-refractivity contribution >= 4 is 5.82 Å². The minimum atomic E-state index is 0.647. The molecule has 0 atom stereocenters. The van der Waals surface area contributed by atoms with Gasteiger partial charge in [-0.05, 0) is 68.6 Å². The van der Waals surface area contributed by atoms with Crippen molar-refractivity contribution in [1.82, 2.24) is 5.16 Å². The normalized spacial score (nSPS) is 43.2. The summed E-state index contributed by atoms with van der Waals surface area (Å²) in [4.78, 5) is 0. The summed E-state index contributed by atoms with van der Waals surface area (Å²) in [6.45, 7) is 2.02. The highest BCUT2D eigenvalue weighted by Crippen LogP contribution is 2.60. The second-order valence-electron chi connectivity index (χ2n) is 6.49. The maximum Gasteiger partial charge on any atom is 0.170 e. The maximum absolute atomic E-state index is 6.02. The Morgan fingerprint density at radius 2 is 1.65 bits per heavy atom. The summed E-state index contributed by atoms with van der Waals surface area (Å²) in [5.41, 5.74) is 7.27. The number of hydrogen-bond acceptors (Lipinski definition) is 3. The lowest BCUT2D eigenvalue weighted by molar-refractivity contribution is -0.00301. The Bertz CT molecular complexity index is 404. The van der Waals surface area contributed by atoms with Crippen LogP contribution in [0.15, 0.2) is 4.52 Å². The molecule has 4 fully saturated rings. The van der Waals surface area contributed by atoms with Gasteiger partial charge < -0.3 is 10.3 Å². The number of nitrogens with zero attached hydrogens (tertiary/aromatic N) is 1. The predicted molar refractivity (Wildman–Crippen MR) is 65.4 cm³/mol. The number of nitrogens with two attached hydrogens (primary N) is 1. The van der Waals surface area contributed by atoms with Gasteiger partial charge in [0.1, 0.15) is 5.76 Å². The molecule has 3 heteroatoms. The van der Waals surface area contributed by atoms with Gasteiger partial charge in [0.05, 0.1) is 0 Å². The van der Waals surface area contributed by atoms with Gasteiger partial charge in [-0.3, -0.25) is 0 Å². The smallest absolute Gasteiger partial charge is 0.170 e. The first-order chi connectivity index (χ1) is 8.22. The van der Waals surface area contributed by atoms with Crippen molar-refractivity contribution in [2.45, 2.75) is 44.9 Å². The molecule has 0 radical (unpaired) electrons. The second-order valence-corrected chi connectivity index (χ2v) is 6.49. The molecule has 1 heterocycles. The van der Waals surface area contributed by atoms with Crippen LogP contribution in [0.1, 0.15) is 49.3 Å². The molecule has 0 spiro atoms. The summed E-state index contributed by atoms with van der Waals surface area (Å²) >= 11 is 0. The third-order valence-corrected chi connectivity index (χ3v) is 5.50. The molecule has 0 aliphatic heterocycles. The summed E-state index contributed by atoms with van der Waals surface area (Å²) in [5.74, 6) is 5.98. The molecular formula is C14H20N2O. The summed E-state index contributed by atoms with van der Waals surface area (Å²) in [5, 5.41) is 3.95. The summed E-state index contributed by atoms with van der Waals surface area (Å²) in [6.07, 6.45) is 7.17. The Labute approximate surface area is 102 Å². The molecule has 2 N–H and O–H groups in total. The highest BCUT2D eigenvalue weighted by atomic mass is 16.5. The van der Waals surface area contributed by atoms with Crippen molar-refractivity contribution < 1.29 is 4.52 Å². The second kappa shape index (κ2) is 3.27. The number of aryl methyl sites for hydroxylation is 1. The van der Waals surface area contributed by atoms with Crippen molar-refractivity contribution in [2.24, 2.45) is 23.7 Å². The van der Waals surface area contributed by atoms with Crippen LogP contribution in [-0.4, -0.2) is 5.16 Å². The van der Waals surface area contributed by atoms with E-state index in [2.05, 4.69) is 5.16 Å². The molecule has 1 aromatic rings. The highest BCUT2D eigenvalue weighted by Gasteiger charge is 2.50. The largest absolute Gasteiger partial charge is 0.381 e. The molecule has 5 rings (SSSR count). The van der Waals surface area contributed by atoms with Crippen LogP contribution in [0, 0.1) is 30.6 Å². The van der Waals surface area contributed by atoms with Gasteiger partial charge in [-0.15, -0.1) is 0 Å². The lowest BCUT2D eigenvalue weighted by Gasteiger charge is -2.54. The molecule has 3 nitrogen and oxygen atoms in total. The lowest BCUT2D eigenvalue weighted by atomic mass is 9.50. The molecule has 4 aliphatic rings. The van der Waals surface area contributed by atoms with E-state index in [9.17, 15) is 0 Å². The predicted octanol–water partition coefficient (Wildman–Crippen LogP) is 3.10. The monoisotopic (exact) mass is 232 g/mol. The van der Waals surface area contributed by atoms with Gasteiger partial charge in [0.25, 0.3) is 0 Å². The zero-order valence-electron chi connectivity index (χ0n) is 10.4. The summed E-state index contributed by atoms with van der Waals surface area (Å²) < 4.78 is 5.28. The summed E-state index contributed by atoms with van der Waals surface area (Å²) in [6, 6.07) is 0. The van der Waals surface area contributed by atoms with Crippen molar-refractivity contribution in [3.63, 3.8) is 0 Å². The van der Waals surface area contributed by atoms with E-state index in [4.69, 9.17) is 10.3 Å². The first kappa shape index (κ1) is 9.98. The number of nitrogen functional groups attached to an aromatic ring is 1. The fraction of sp³-hybridized carbons (Fsp3) is 0.786. The SMILES string of the molecule is Cc1onc(N)c1C1C2CC3CC(C2)CC1C3. The van der Waals surface area contributed by atoms with Gasteiger partial charge in [0.2, 0.25) is 0 Å². The average molecular weight is 232 g/mol. The first-order valence-corrected chi connectivity index (χ1v) is 6.94. The van der Waals surface area contributed by atoms with Crippen molar-refractivity contribution in [3.8, 4) is 0 Å².